The summed E-state index contributed by atoms with van der Waals surface area (Å²) in [6.45, 7) is 1.01. The van der Waals surface area contributed by atoms with Crippen LogP contribution in [0.25, 0.3) is 0 Å². The minimum absolute atomic E-state index is 0.128. The molecule has 1 rings (SSSR count). The van der Waals surface area contributed by atoms with Crippen molar-refractivity contribution in [3.63, 3.8) is 0 Å². The molecule has 0 saturated heterocycles. The molecule has 0 N–H and O–H groups in total. The van der Waals surface area contributed by atoms with Crippen LogP contribution in [0.3, 0.4) is 0 Å². The highest BCUT2D eigenvalue weighted by Gasteiger charge is 2.28. The molecule has 1 aromatic carbocycles. The number of alkyl halides is 3. The van der Waals surface area contributed by atoms with Crippen LogP contribution in [-0.4, -0.2) is 39.0 Å². The molecule has 0 aliphatic carbocycles. The van der Waals surface area contributed by atoms with E-state index in [0.717, 1.165) is 11.0 Å². The van der Waals surface area contributed by atoms with Crippen LogP contribution in [0.2, 0.25) is 0 Å². The van der Waals surface area contributed by atoms with E-state index < -0.39 is 34.1 Å². The van der Waals surface area contributed by atoms with E-state index in [4.69, 9.17) is 10.7 Å². The summed E-state index contributed by atoms with van der Waals surface area (Å²) in [5.41, 5.74) is 0.448. The molecule has 1 aromatic rings. The molecule has 118 valence electrons. The SMILES string of the molecule is Cc1cc(S(=O)(=O)Cl)ccc1C(=O)N(C)CCC(F)(F)F. The van der Waals surface area contributed by atoms with Crippen LogP contribution >= 0.6 is 10.7 Å². The number of carbonyl (C=O) groups is 1. The van der Waals surface area contributed by atoms with Crippen molar-refractivity contribution in [3.8, 4) is 0 Å². The first kappa shape index (κ1) is 17.8. The Morgan fingerprint density at radius 3 is 2.33 bits per heavy atom. The highest BCUT2D eigenvalue weighted by atomic mass is 35.7. The first-order chi connectivity index (χ1) is 9.42. The minimum Gasteiger partial charge on any atom is -0.341 e. The number of halogens is 4. The van der Waals surface area contributed by atoms with Gasteiger partial charge in [0.05, 0.1) is 11.3 Å². The van der Waals surface area contributed by atoms with Gasteiger partial charge < -0.3 is 4.90 Å². The number of carbonyl (C=O) groups excluding carboxylic acids is 1. The predicted molar refractivity (Wildman–Crippen MR) is 71.9 cm³/mol. The van der Waals surface area contributed by atoms with Gasteiger partial charge in [0, 0.05) is 29.8 Å². The van der Waals surface area contributed by atoms with Crippen LogP contribution in [0.5, 0.6) is 0 Å². The number of hydrogen-bond acceptors (Lipinski definition) is 3. The van der Waals surface area contributed by atoms with Gasteiger partial charge in [0.15, 0.2) is 0 Å². The van der Waals surface area contributed by atoms with Crippen LogP contribution in [-0.2, 0) is 9.05 Å². The Morgan fingerprint density at radius 1 is 1.33 bits per heavy atom. The summed E-state index contributed by atoms with van der Waals surface area (Å²) in [7, 11) is 2.51. The smallest absolute Gasteiger partial charge is 0.341 e. The molecule has 21 heavy (non-hydrogen) atoms. The maximum absolute atomic E-state index is 12.1. The average molecular weight is 344 g/mol. The molecule has 0 heterocycles. The number of amides is 1. The number of hydrogen-bond donors (Lipinski definition) is 0. The third-order valence-corrected chi connectivity index (χ3v) is 4.14. The van der Waals surface area contributed by atoms with Gasteiger partial charge in [-0.2, -0.15) is 13.2 Å². The summed E-state index contributed by atoms with van der Waals surface area (Å²) in [6, 6.07) is 3.57. The van der Waals surface area contributed by atoms with Crippen molar-refractivity contribution in [3.05, 3.63) is 29.3 Å². The van der Waals surface area contributed by atoms with Crippen molar-refractivity contribution < 1.29 is 26.4 Å². The van der Waals surface area contributed by atoms with E-state index in [1.165, 1.54) is 26.1 Å². The Kier molecular flexibility index (Phi) is 5.27. The number of nitrogens with zero attached hydrogens (tertiary/aromatic N) is 1. The van der Waals surface area contributed by atoms with Crippen molar-refractivity contribution >= 4 is 25.6 Å². The fraction of sp³-hybridized carbons (Fsp3) is 0.417. The summed E-state index contributed by atoms with van der Waals surface area (Å²) in [5, 5.41) is 0. The molecule has 0 saturated carbocycles. The van der Waals surface area contributed by atoms with Gasteiger partial charge in [-0.15, -0.1) is 0 Å². The Morgan fingerprint density at radius 2 is 1.90 bits per heavy atom. The summed E-state index contributed by atoms with van der Waals surface area (Å²) in [5.74, 6) is -0.615. The molecule has 0 aromatic heterocycles. The van der Waals surface area contributed by atoms with Crippen molar-refractivity contribution in [1.82, 2.24) is 4.90 Å². The van der Waals surface area contributed by atoms with E-state index in [0.29, 0.717) is 5.56 Å². The van der Waals surface area contributed by atoms with Gasteiger partial charge in [-0.1, -0.05) is 0 Å². The Balaban J connectivity index is 2.93. The highest BCUT2D eigenvalue weighted by Crippen LogP contribution is 2.22. The Hall–Kier alpha value is -1.28. The highest BCUT2D eigenvalue weighted by molar-refractivity contribution is 8.13. The molecular formula is C12H13ClF3NO3S. The quantitative estimate of drug-likeness (QED) is 0.790. The lowest BCUT2D eigenvalue weighted by molar-refractivity contribution is -0.136. The van der Waals surface area contributed by atoms with Gasteiger partial charge in [-0.05, 0) is 30.7 Å². The van der Waals surface area contributed by atoms with Crippen molar-refractivity contribution in [1.29, 1.82) is 0 Å². The first-order valence-electron chi connectivity index (χ1n) is 5.79. The topological polar surface area (TPSA) is 54.5 Å². The lowest BCUT2D eigenvalue weighted by Gasteiger charge is -2.19. The maximum atomic E-state index is 12.1. The Bertz CT molecular complexity index is 644. The van der Waals surface area contributed by atoms with Gasteiger partial charge >= 0.3 is 6.18 Å². The van der Waals surface area contributed by atoms with Crippen LogP contribution in [0.4, 0.5) is 13.2 Å². The van der Waals surface area contributed by atoms with E-state index in [1.807, 2.05) is 0 Å². The third-order valence-electron chi connectivity index (χ3n) is 2.79. The van der Waals surface area contributed by atoms with E-state index in [1.54, 1.807) is 0 Å². The summed E-state index contributed by atoms with van der Waals surface area (Å²) >= 11 is 0. The van der Waals surface area contributed by atoms with Crippen LogP contribution in [0, 0.1) is 6.92 Å². The van der Waals surface area contributed by atoms with Gasteiger partial charge in [0.2, 0.25) is 0 Å². The lowest BCUT2D eigenvalue weighted by Crippen LogP contribution is -2.31. The molecule has 0 aliphatic heterocycles. The lowest BCUT2D eigenvalue weighted by atomic mass is 10.1. The number of rotatable bonds is 4. The monoisotopic (exact) mass is 343 g/mol. The molecule has 0 bridgehead atoms. The van der Waals surface area contributed by atoms with E-state index in [9.17, 15) is 26.4 Å². The molecule has 0 spiro atoms. The first-order valence-corrected chi connectivity index (χ1v) is 8.10. The second kappa shape index (κ2) is 6.23. The molecular weight excluding hydrogens is 331 g/mol. The summed E-state index contributed by atoms with van der Waals surface area (Å²) in [4.78, 5) is 12.8. The van der Waals surface area contributed by atoms with Gasteiger partial charge in [-0.25, -0.2) is 8.42 Å². The number of aryl methyl sites for hydroxylation is 1. The van der Waals surface area contributed by atoms with Crippen LogP contribution in [0.1, 0.15) is 22.3 Å². The molecule has 9 heteroatoms. The van der Waals surface area contributed by atoms with Crippen LogP contribution < -0.4 is 0 Å². The van der Waals surface area contributed by atoms with Gasteiger partial charge in [0.1, 0.15) is 0 Å². The fourth-order valence-electron chi connectivity index (χ4n) is 1.63. The second-order valence-corrected chi connectivity index (χ2v) is 7.07. The summed E-state index contributed by atoms with van der Waals surface area (Å²) < 4.78 is 58.7. The van der Waals surface area contributed by atoms with Crippen LogP contribution in [0.15, 0.2) is 23.1 Å². The molecule has 0 unspecified atom stereocenters. The molecule has 0 fully saturated rings. The molecule has 4 nitrogen and oxygen atoms in total. The molecule has 0 atom stereocenters. The zero-order chi connectivity index (χ0) is 16.4. The zero-order valence-corrected chi connectivity index (χ0v) is 12.8. The fourth-order valence-corrected chi connectivity index (χ4v) is 2.47. The van der Waals surface area contributed by atoms with E-state index >= 15 is 0 Å². The van der Waals surface area contributed by atoms with Gasteiger partial charge in [0.25, 0.3) is 15.0 Å². The van der Waals surface area contributed by atoms with E-state index in [-0.39, 0.29) is 10.5 Å². The normalized spacial score (nSPS) is 12.3. The Labute approximate surface area is 124 Å². The van der Waals surface area contributed by atoms with Crippen molar-refractivity contribution in [2.75, 3.05) is 13.6 Å². The van der Waals surface area contributed by atoms with Crippen molar-refractivity contribution in [2.45, 2.75) is 24.4 Å². The largest absolute Gasteiger partial charge is 0.390 e. The molecule has 0 radical (unpaired) electrons. The average Bonchev–Trinajstić information content (AvgIpc) is 2.33. The predicted octanol–water partition coefficient (Wildman–Crippen LogP) is 2.95. The van der Waals surface area contributed by atoms with E-state index in [2.05, 4.69) is 0 Å². The number of benzene rings is 1. The third kappa shape index (κ3) is 5.20. The zero-order valence-electron chi connectivity index (χ0n) is 11.2. The minimum atomic E-state index is -4.35. The maximum Gasteiger partial charge on any atom is 0.390 e. The molecule has 0 aliphatic rings. The van der Waals surface area contributed by atoms with Gasteiger partial charge in [-0.3, -0.25) is 4.79 Å². The molecule has 1 amide bonds. The standard InChI is InChI=1S/C12H13ClF3NO3S/c1-8-7-9(21(13,19)20)3-4-10(8)11(18)17(2)6-5-12(14,15)16/h3-4,7H,5-6H2,1-2H3. The second-order valence-electron chi connectivity index (χ2n) is 4.51. The van der Waals surface area contributed by atoms with Crippen molar-refractivity contribution in [2.24, 2.45) is 0 Å². The summed E-state index contributed by atoms with van der Waals surface area (Å²) in [6.07, 6.45) is -5.46.